The number of nitriles is 1. The van der Waals surface area contributed by atoms with Gasteiger partial charge >= 0.3 is 5.97 Å². The molecule has 0 saturated heterocycles. The zero-order chi connectivity index (χ0) is 14.3. The number of ether oxygens (including phenoxy) is 2. The lowest BCUT2D eigenvalue weighted by Crippen LogP contribution is -2.35. The van der Waals surface area contributed by atoms with E-state index in [1.165, 1.54) is 13.1 Å². The van der Waals surface area contributed by atoms with E-state index in [0.717, 1.165) is 6.42 Å². The number of esters is 1. The van der Waals surface area contributed by atoms with Gasteiger partial charge in [0.1, 0.15) is 0 Å². The van der Waals surface area contributed by atoms with Gasteiger partial charge in [-0.15, -0.1) is 0 Å². The lowest BCUT2D eigenvalue weighted by Gasteiger charge is -2.18. The van der Waals surface area contributed by atoms with Gasteiger partial charge in [-0.25, -0.2) is 9.78 Å². The summed E-state index contributed by atoms with van der Waals surface area (Å²) in [5.41, 5.74) is -1.53. The van der Waals surface area contributed by atoms with Gasteiger partial charge in [-0.2, -0.15) is 10.2 Å². The van der Waals surface area contributed by atoms with E-state index in [0.29, 0.717) is 12.5 Å². The Morgan fingerprint density at radius 2 is 2.26 bits per heavy atom. The summed E-state index contributed by atoms with van der Waals surface area (Å²) in [5.74, 6) is -0.232. The molecular formula is C13H17N3O3. The zero-order valence-corrected chi connectivity index (χ0v) is 11.3. The summed E-state index contributed by atoms with van der Waals surface area (Å²) in [5, 5.41) is 9.23. The summed E-state index contributed by atoms with van der Waals surface area (Å²) in [7, 11) is 0. The predicted octanol–water partition coefficient (Wildman–Crippen LogP) is 1.61. The average Bonchev–Trinajstić information content (AvgIpc) is 2.44. The summed E-state index contributed by atoms with van der Waals surface area (Å²) in [6, 6.07) is 3.49. The highest BCUT2D eigenvalue weighted by Crippen LogP contribution is 2.22. The smallest absolute Gasteiger partial charge is 0.334 e. The van der Waals surface area contributed by atoms with Gasteiger partial charge in [0.15, 0.2) is 5.82 Å². The predicted molar refractivity (Wildman–Crippen MR) is 67.4 cm³/mol. The van der Waals surface area contributed by atoms with E-state index in [1.807, 2.05) is 13.0 Å². The second-order valence-corrected chi connectivity index (χ2v) is 4.02. The maximum absolute atomic E-state index is 11.9. The summed E-state index contributed by atoms with van der Waals surface area (Å²) >= 11 is 0. The van der Waals surface area contributed by atoms with Gasteiger partial charge in [0.25, 0.3) is 0 Å². The van der Waals surface area contributed by atoms with E-state index in [2.05, 4.69) is 9.97 Å². The Morgan fingerprint density at radius 1 is 1.53 bits per heavy atom. The zero-order valence-electron chi connectivity index (χ0n) is 11.3. The Balaban J connectivity index is 3.05. The molecule has 1 heterocycles. The maximum Gasteiger partial charge on any atom is 0.334 e. The van der Waals surface area contributed by atoms with Crippen LogP contribution in [0, 0.1) is 11.3 Å². The molecule has 0 fully saturated rings. The fourth-order valence-electron chi connectivity index (χ4n) is 1.33. The van der Waals surface area contributed by atoms with Crippen LogP contribution in [0.5, 0.6) is 5.88 Å². The lowest BCUT2D eigenvalue weighted by atomic mass is 9.92. The van der Waals surface area contributed by atoms with Crippen LogP contribution in [0.3, 0.4) is 0 Å². The summed E-state index contributed by atoms with van der Waals surface area (Å²) in [6.07, 6.45) is 2.30. The number of hydrogen-bond donors (Lipinski definition) is 0. The van der Waals surface area contributed by atoms with Crippen molar-refractivity contribution in [2.75, 3.05) is 13.2 Å². The Bertz CT molecular complexity index is 484. The van der Waals surface area contributed by atoms with Crippen molar-refractivity contribution in [2.24, 2.45) is 0 Å². The van der Waals surface area contributed by atoms with Gasteiger partial charge in [0.2, 0.25) is 11.3 Å². The molecule has 1 unspecified atom stereocenters. The van der Waals surface area contributed by atoms with E-state index in [1.54, 1.807) is 13.0 Å². The molecule has 0 radical (unpaired) electrons. The fraction of sp³-hybridized carbons (Fsp3) is 0.538. The fourth-order valence-corrected chi connectivity index (χ4v) is 1.33. The first-order valence-electron chi connectivity index (χ1n) is 6.13. The normalized spacial score (nSPS) is 13.2. The van der Waals surface area contributed by atoms with Gasteiger partial charge < -0.3 is 9.47 Å². The van der Waals surface area contributed by atoms with Crippen molar-refractivity contribution in [3.8, 4) is 11.9 Å². The van der Waals surface area contributed by atoms with Crippen molar-refractivity contribution in [1.82, 2.24) is 9.97 Å². The molecule has 0 amide bonds. The topological polar surface area (TPSA) is 85.1 Å². The summed E-state index contributed by atoms with van der Waals surface area (Å²) in [4.78, 5) is 19.9. The SMILES string of the molecule is CCCOc1ccnc(C(C)(C#N)C(=O)OCC)n1. The molecule has 19 heavy (non-hydrogen) atoms. The molecule has 1 rings (SSSR count). The Morgan fingerprint density at radius 3 is 2.84 bits per heavy atom. The molecule has 0 saturated carbocycles. The molecule has 102 valence electrons. The first kappa shape index (κ1) is 14.9. The molecule has 0 aliphatic rings. The minimum absolute atomic E-state index is 0.0852. The minimum Gasteiger partial charge on any atom is -0.478 e. The van der Waals surface area contributed by atoms with Crippen LogP contribution in [-0.2, 0) is 14.9 Å². The van der Waals surface area contributed by atoms with Crippen LogP contribution < -0.4 is 4.74 Å². The van der Waals surface area contributed by atoms with Crippen molar-refractivity contribution in [2.45, 2.75) is 32.6 Å². The molecule has 1 atom stereocenters. The van der Waals surface area contributed by atoms with Crippen LogP contribution in [0.2, 0.25) is 0 Å². The van der Waals surface area contributed by atoms with Crippen LogP contribution in [0.15, 0.2) is 12.3 Å². The van der Waals surface area contributed by atoms with Gasteiger partial charge in [0, 0.05) is 12.3 Å². The summed E-state index contributed by atoms with van der Waals surface area (Å²) in [6.45, 7) is 5.79. The number of aromatic nitrogens is 2. The van der Waals surface area contributed by atoms with E-state index < -0.39 is 11.4 Å². The molecule has 0 aromatic carbocycles. The monoisotopic (exact) mass is 263 g/mol. The molecule has 1 aromatic heterocycles. The third-order valence-electron chi connectivity index (χ3n) is 2.44. The van der Waals surface area contributed by atoms with E-state index in [-0.39, 0.29) is 12.4 Å². The van der Waals surface area contributed by atoms with Crippen molar-refractivity contribution in [3.05, 3.63) is 18.1 Å². The molecule has 0 aliphatic carbocycles. The number of carbonyl (C=O) groups is 1. The number of rotatable bonds is 6. The molecule has 0 N–H and O–H groups in total. The van der Waals surface area contributed by atoms with Crippen LogP contribution in [-0.4, -0.2) is 29.2 Å². The minimum atomic E-state index is -1.53. The number of carbonyl (C=O) groups excluding carboxylic acids is 1. The molecule has 0 bridgehead atoms. The van der Waals surface area contributed by atoms with Crippen LogP contribution in [0.1, 0.15) is 33.0 Å². The molecule has 6 heteroatoms. The third-order valence-corrected chi connectivity index (χ3v) is 2.44. The van der Waals surface area contributed by atoms with Crippen molar-refractivity contribution >= 4 is 5.97 Å². The largest absolute Gasteiger partial charge is 0.478 e. The van der Waals surface area contributed by atoms with Crippen LogP contribution >= 0.6 is 0 Å². The number of nitrogens with zero attached hydrogens (tertiary/aromatic N) is 3. The van der Waals surface area contributed by atoms with E-state index >= 15 is 0 Å². The quantitative estimate of drug-likeness (QED) is 0.725. The van der Waals surface area contributed by atoms with Crippen LogP contribution in [0.25, 0.3) is 0 Å². The molecule has 1 aromatic rings. The Hall–Kier alpha value is -2.16. The molecular weight excluding hydrogens is 246 g/mol. The standard InChI is InChI=1S/C13H17N3O3/c1-4-8-19-10-6-7-15-11(16-10)13(3,9-14)12(17)18-5-2/h6-7H,4-5,8H2,1-3H3. The van der Waals surface area contributed by atoms with Crippen molar-refractivity contribution < 1.29 is 14.3 Å². The van der Waals surface area contributed by atoms with Gasteiger partial charge in [-0.05, 0) is 20.3 Å². The second kappa shape index (κ2) is 6.69. The molecule has 0 aliphatic heterocycles. The maximum atomic E-state index is 11.9. The van der Waals surface area contributed by atoms with Crippen molar-refractivity contribution in [3.63, 3.8) is 0 Å². The Labute approximate surface area is 112 Å². The first-order chi connectivity index (χ1) is 9.08. The highest BCUT2D eigenvalue weighted by atomic mass is 16.5. The second-order valence-electron chi connectivity index (χ2n) is 4.02. The highest BCUT2D eigenvalue weighted by molar-refractivity contribution is 5.85. The average molecular weight is 263 g/mol. The Kier molecular flexibility index (Phi) is 5.24. The third kappa shape index (κ3) is 3.41. The lowest BCUT2D eigenvalue weighted by molar-refractivity contribution is -0.147. The van der Waals surface area contributed by atoms with Gasteiger partial charge in [0.05, 0.1) is 19.3 Å². The van der Waals surface area contributed by atoms with Crippen molar-refractivity contribution in [1.29, 1.82) is 5.26 Å². The number of hydrogen-bond acceptors (Lipinski definition) is 6. The molecule has 0 spiro atoms. The van der Waals surface area contributed by atoms with E-state index in [4.69, 9.17) is 9.47 Å². The van der Waals surface area contributed by atoms with Gasteiger partial charge in [-0.3, -0.25) is 0 Å². The molecule has 6 nitrogen and oxygen atoms in total. The van der Waals surface area contributed by atoms with Crippen LogP contribution in [0.4, 0.5) is 0 Å². The first-order valence-corrected chi connectivity index (χ1v) is 6.13. The highest BCUT2D eigenvalue weighted by Gasteiger charge is 2.40. The van der Waals surface area contributed by atoms with E-state index in [9.17, 15) is 10.1 Å². The van der Waals surface area contributed by atoms with Gasteiger partial charge in [-0.1, -0.05) is 6.92 Å². The summed E-state index contributed by atoms with van der Waals surface area (Å²) < 4.78 is 10.3.